The van der Waals surface area contributed by atoms with Crippen molar-refractivity contribution >= 4 is 21.6 Å². The lowest BCUT2D eigenvalue weighted by Gasteiger charge is -2.33. The van der Waals surface area contributed by atoms with Crippen LogP contribution in [0.15, 0.2) is 59.5 Å². The zero-order chi connectivity index (χ0) is 20.7. The molecule has 1 amide bonds. The van der Waals surface area contributed by atoms with Crippen LogP contribution in [0.1, 0.15) is 25.0 Å². The first-order valence-electron chi connectivity index (χ1n) is 9.70. The molecule has 0 bridgehead atoms. The van der Waals surface area contributed by atoms with Crippen LogP contribution in [0.4, 0.5) is 5.69 Å². The van der Waals surface area contributed by atoms with Gasteiger partial charge < -0.3 is 10.1 Å². The van der Waals surface area contributed by atoms with Crippen LogP contribution in [0.25, 0.3) is 0 Å². The van der Waals surface area contributed by atoms with Crippen LogP contribution in [0, 0.1) is 0 Å². The lowest BCUT2D eigenvalue weighted by molar-refractivity contribution is -0.114. The molecule has 0 spiro atoms. The molecule has 0 saturated carbocycles. The Morgan fingerprint density at radius 3 is 2.55 bits per heavy atom. The van der Waals surface area contributed by atoms with Crippen molar-refractivity contribution in [2.24, 2.45) is 0 Å². The maximum Gasteiger partial charge on any atom is 0.240 e. The van der Waals surface area contributed by atoms with E-state index in [4.69, 9.17) is 4.74 Å². The Hall–Kier alpha value is -2.26. The largest absolute Gasteiger partial charge is 0.371 e. The summed E-state index contributed by atoms with van der Waals surface area (Å²) in [7, 11) is -3.57. The molecule has 0 unspecified atom stereocenters. The van der Waals surface area contributed by atoms with Gasteiger partial charge >= 0.3 is 0 Å². The van der Waals surface area contributed by atoms with Gasteiger partial charge in [0.2, 0.25) is 15.9 Å². The fraction of sp³-hybridized carbons (Fsp3) is 0.381. The molecule has 7 nitrogen and oxygen atoms in total. The summed E-state index contributed by atoms with van der Waals surface area (Å²) in [6.07, 6.45) is 0.772. The summed E-state index contributed by atoms with van der Waals surface area (Å²) in [5.41, 5.74) is 1.73. The molecule has 1 saturated heterocycles. The van der Waals surface area contributed by atoms with Crippen molar-refractivity contribution in [2.45, 2.75) is 24.3 Å². The van der Waals surface area contributed by atoms with Crippen LogP contribution in [-0.4, -0.2) is 52.0 Å². The molecule has 1 heterocycles. The zero-order valence-corrected chi connectivity index (χ0v) is 17.3. The third kappa shape index (κ3) is 6.37. The molecule has 8 heteroatoms. The highest BCUT2D eigenvalue weighted by Crippen LogP contribution is 2.22. The van der Waals surface area contributed by atoms with E-state index in [1.807, 2.05) is 18.2 Å². The van der Waals surface area contributed by atoms with Gasteiger partial charge in [0.25, 0.3) is 0 Å². The molecule has 2 aromatic carbocycles. The number of hydrogen-bond acceptors (Lipinski definition) is 5. The number of morpholine rings is 1. The minimum atomic E-state index is -3.57. The Morgan fingerprint density at radius 2 is 1.86 bits per heavy atom. The maximum absolute atomic E-state index is 12.4. The van der Waals surface area contributed by atoms with E-state index in [-0.39, 0.29) is 16.9 Å². The molecule has 0 aromatic heterocycles. The van der Waals surface area contributed by atoms with Crippen molar-refractivity contribution < 1.29 is 17.9 Å². The number of ether oxygens (including phenoxy) is 1. The third-order valence-electron chi connectivity index (χ3n) is 4.75. The maximum atomic E-state index is 12.4. The summed E-state index contributed by atoms with van der Waals surface area (Å²) in [6, 6.07) is 16.3. The number of nitrogens with zero attached hydrogens (tertiary/aromatic N) is 1. The number of sulfonamides is 1. The van der Waals surface area contributed by atoms with E-state index in [1.54, 1.807) is 12.1 Å². The summed E-state index contributed by atoms with van der Waals surface area (Å²) >= 11 is 0. The average molecular weight is 418 g/mol. The second kappa shape index (κ2) is 9.98. The van der Waals surface area contributed by atoms with Gasteiger partial charge in [0.1, 0.15) is 0 Å². The second-order valence-corrected chi connectivity index (χ2v) is 8.79. The molecule has 1 atom stereocenters. The van der Waals surface area contributed by atoms with Crippen LogP contribution in [0.5, 0.6) is 0 Å². The van der Waals surface area contributed by atoms with Gasteiger partial charge in [0, 0.05) is 32.2 Å². The second-order valence-electron chi connectivity index (χ2n) is 7.03. The number of carbonyl (C=O) groups is 1. The summed E-state index contributed by atoms with van der Waals surface area (Å²) in [5, 5.41) is 2.62. The minimum Gasteiger partial charge on any atom is -0.371 e. The molecule has 3 rings (SSSR count). The highest BCUT2D eigenvalue weighted by molar-refractivity contribution is 7.89. The van der Waals surface area contributed by atoms with E-state index in [2.05, 4.69) is 27.1 Å². The van der Waals surface area contributed by atoms with Crippen LogP contribution < -0.4 is 10.0 Å². The first-order chi connectivity index (χ1) is 13.9. The Labute approximate surface area is 172 Å². The van der Waals surface area contributed by atoms with Gasteiger partial charge in [-0.1, -0.05) is 30.3 Å². The van der Waals surface area contributed by atoms with E-state index in [9.17, 15) is 13.2 Å². The highest BCUT2D eigenvalue weighted by atomic mass is 32.2. The van der Waals surface area contributed by atoms with Gasteiger partial charge in [-0.15, -0.1) is 0 Å². The topological polar surface area (TPSA) is 87.7 Å². The standard InChI is InChI=1S/C21H27N3O4S/c1-17(25)23-19-8-10-20(11-9-19)29(26,27)22-12-5-13-24-14-15-28-21(16-24)18-6-3-2-4-7-18/h2-4,6-11,21-22H,5,12-16H2,1H3,(H,23,25)/t21-/m0/s1. The fourth-order valence-electron chi connectivity index (χ4n) is 3.29. The predicted octanol–water partition coefficient (Wildman–Crippen LogP) is 2.39. The minimum absolute atomic E-state index is 0.0590. The van der Waals surface area contributed by atoms with Crippen molar-refractivity contribution in [3.63, 3.8) is 0 Å². The molecule has 1 aliphatic rings. The van der Waals surface area contributed by atoms with Crippen LogP contribution in [0.2, 0.25) is 0 Å². The van der Waals surface area contributed by atoms with E-state index >= 15 is 0 Å². The molecule has 0 aliphatic carbocycles. The Balaban J connectivity index is 1.45. The molecule has 0 radical (unpaired) electrons. The van der Waals surface area contributed by atoms with Crippen molar-refractivity contribution in [3.8, 4) is 0 Å². The zero-order valence-electron chi connectivity index (χ0n) is 16.5. The average Bonchev–Trinajstić information content (AvgIpc) is 2.72. The van der Waals surface area contributed by atoms with Crippen molar-refractivity contribution in [1.82, 2.24) is 9.62 Å². The SMILES string of the molecule is CC(=O)Nc1ccc(S(=O)(=O)NCCCN2CCO[C@H](c3ccccc3)C2)cc1. The number of benzene rings is 2. The quantitative estimate of drug-likeness (QED) is 0.644. The smallest absolute Gasteiger partial charge is 0.240 e. The summed E-state index contributed by atoms with van der Waals surface area (Å²) in [6.45, 7) is 4.90. The molecule has 1 aliphatic heterocycles. The van der Waals surface area contributed by atoms with E-state index < -0.39 is 10.0 Å². The number of anilines is 1. The third-order valence-corrected chi connectivity index (χ3v) is 6.23. The van der Waals surface area contributed by atoms with Gasteiger partial charge in [-0.3, -0.25) is 9.69 Å². The summed E-state index contributed by atoms with van der Waals surface area (Å²) < 4.78 is 33.4. The van der Waals surface area contributed by atoms with Gasteiger partial charge in [-0.05, 0) is 42.8 Å². The Kier molecular flexibility index (Phi) is 7.38. The van der Waals surface area contributed by atoms with Crippen molar-refractivity contribution in [1.29, 1.82) is 0 Å². The van der Waals surface area contributed by atoms with Crippen molar-refractivity contribution in [2.75, 3.05) is 38.1 Å². The van der Waals surface area contributed by atoms with Crippen LogP contribution >= 0.6 is 0 Å². The predicted molar refractivity (Wildman–Crippen MR) is 112 cm³/mol. The number of carbonyl (C=O) groups excluding carboxylic acids is 1. The number of nitrogens with one attached hydrogen (secondary N) is 2. The first kappa shape index (κ1) is 21.4. The number of rotatable bonds is 8. The van der Waals surface area contributed by atoms with Crippen LogP contribution in [0.3, 0.4) is 0 Å². The Morgan fingerprint density at radius 1 is 1.14 bits per heavy atom. The first-order valence-corrected chi connectivity index (χ1v) is 11.2. The van der Waals surface area contributed by atoms with Crippen LogP contribution in [-0.2, 0) is 19.6 Å². The lowest BCUT2D eigenvalue weighted by atomic mass is 10.1. The molecular formula is C21H27N3O4S. The molecule has 156 valence electrons. The number of amides is 1. The van der Waals surface area contributed by atoms with Gasteiger partial charge in [-0.25, -0.2) is 13.1 Å². The molecular weight excluding hydrogens is 390 g/mol. The summed E-state index contributed by atoms with van der Waals surface area (Å²) in [5.74, 6) is -0.198. The van der Waals surface area contributed by atoms with Gasteiger partial charge in [0.15, 0.2) is 0 Å². The number of hydrogen-bond donors (Lipinski definition) is 2. The van der Waals surface area contributed by atoms with E-state index in [1.165, 1.54) is 24.6 Å². The normalized spacial score (nSPS) is 17.8. The fourth-order valence-corrected chi connectivity index (χ4v) is 4.36. The summed E-state index contributed by atoms with van der Waals surface area (Å²) in [4.78, 5) is 13.5. The van der Waals surface area contributed by atoms with Gasteiger partial charge in [-0.2, -0.15) is 0 Å². The monoisotopic (exact) mass is 417 g/mol. The van der Waals surface area contributed by atoms with E-state index in [0.29, 0.717) is 25.3 Å². The lowest BCUT2D eigenvalue weighted by Crippen LogP contribution is -2.39. The molecule has 2 aromatic rings. The van der Waals surface area contributed by atoms with E-state index in [0.717, 1.165) is 19.6 Å². The molecule has 29 heavy (non-hydrogen) atoms. The Bertz CT molecular complexity index is 901. The molecule has 2 N–H and O–H groups in total. The van der Waals surface area contributed by atoms with Crippen molar-refractivity contribution in [3.05, 3.63) is 60.2 Å². The van der Waals surface area contributed by atoms with Gasteiger partial charge in [0.05, 0.1) is 17.6 Å². The highest BCUT2D eigenvalue weighted by Gasteiger charge is 2.21. The molecule has 1 fully saturated rings.